The fourth-order valence-electron chi connectivity index (χ4n) is 1.11. The van der Waals surface area contributed by atoms with E-state index in [1.54, 1.807) is 26.2 Å². The lowest BCUT2D eigenvalue weighted by atomic mass is 10.1. The monoisotopic (exact) mass is 224 g/mol. The van der Waals surface area contributed by atoms with E-state index in [-0.39, 0.29) is 12.7 Å². The average molecular weight is 224 g/mol. The number of anilines is 2. The third-order valence-electron chi connectivity index (χ3n) is 2.15. The molecule has 0 bridgehead atoms. The summed E-state index contributed by atoms with van der Waals surface area (Å²) >= 11 is 0. The first kappa shape index (κ1) is 12.3. The van der Waals surface area contributed by atoms with Crippen molar-refractivity contribution in [3.05, 3.63) is 23.8 Å². The van der Waals surface area contributed by atoms with Crippen molar-refractivity contribution in [1.82, 2.24) is 0 Å². The smallest absolute Gasteiger partial charge is 0.340 e. The molecule has 1 aromatic rings. The predicted molar refractivity (Wildman–Crippen MR) is 62.0 cm³/mol. The van der Waals surface area contributed by atoms with Crippen LogP contribution in [0.15, 0.2) is 18.2 Å². The molecule has 0 spiro atoms. The zero-order valence-corrected chi connectivity index (χ0v) is 9.40. The number of hydrogen-bond acceptors (Lipinski definition) is 5. The van der Waals surface area contributed by atoms with Crippen molar-refractivity contribution in [1.29, 1.82) is 0 Å². The number of rotatable bonds is 4. The number of nitrogens with two attached hydrogens (primary N) is 2. The third-order valence-corrected chi connectivity index (χ3v) is 2.15. The highest BCUT2D eigenvalue weighted by molar-refractivity contribution is 5.95. The zero-order chi connectivity index (χ0) is 12.1. The van der Waals surface area contributed by atoms with Crippen molar-refractivity contribution < 1.29 is 14.3 Å². The highest BCUT2D eigenvalue weighted by Crippen LogP contribution is 2.16. The number of methoxy groups -OCH3 is 1. The van der Waals surface area contributed by atoms with Gasteiger partial charge in [-0.25, -0.2) is 4.79 Å². The van der Waals surface area contributed by atoms with Crippen LogP contribution in [-0.4, -0.2) is 25.8 Å². The quantitative estimate of drug-likeness (QED) is 0.589. The van der Waals surface area contributed by atoms with Gasteiger partial charge in [-0.2, -0.15) is 0 Å². The van der Waals surface area contributed by atoms with E-state index in [4.69, 9.17) is 20.9 Å². The topological polar surface area (TPSA) is 87.6 Å². The molecule has 0 saturated heterocycles. The van der Waals surface area contributed by atoms with E-state index in [9.17, 15) is 4.79 Å². The molecular weight excluding hydrogens is 208 g/mol. The van der Waals surface area contributed by atoms with Crippen LogP contribution in [0.3, 0.4) is 0 Å². The maximum absolute atomic E-state index is 11.6. The normalized spacial score (nSPS) is 12.1. The molecule has 1 aromatic carbocycles. The minimum atomic E-state index is -0.471. The third kappa shape index (κ3) is 3.13. The van der Waals surface area contributed by atoms with Crippen LogP contribution in [0.1, 0.15) is 17.3 Å². The van der Waals surface area contributed by atoms with Gasteiger partial charge in [-0.15, -0.1) is 0 Å². The molecular formula is C11H16N2O3. The summed E-state index contributed by atoms with van der Waals surface area (Å²) in [5, 5.41) is 0. The zero-order valence-electron chi connectivity index (χ0n) is 9.40. The Morgan fingerprint density at radius 2 is 2.12 bits per heavy atom. The molecule has 0 aliphatic rings. The van der Waals surface area contributed by atoms with Crippen LogP contribution >= 0.6 is 0 Å². The summed E-state index contributed by atoms with van der Waals surface area (Å²) in [5.41, 5.74) is 12.3. The second kappa shape index (κ2) is 5.37. The van der Waals surface area contributed by atoms with Crippen LogP contribution in [-0.2, 0) is 9.47 Å². The summed E-state index contributed by atoms with van der Waals surface area (Å²) in [6, 6.07) is 4.67. The molecule has 1 unspecified atom stereocenters. The van der Waals surface area contributed by atoms with E-state index < -0.39 is 5.97 Å². The van der Waals surface area contributed by atoms with Crippen LogP contribution in [0.25, 0.3) is 0 Å². The van der Waals surface area contributed by atoms with Gasteiger partial charge in [0, 0.05) is 18.5 Å². The van der Waals surface area contributed by atoms with E-state index in [0.29, 0.717) is 16.9 Å². The van der Waals surface area contributed by atoms with Crippen LogP contribution in [0.5, 0.6) is 0 Å². The van der Waals surface area contributed by atoms with Crippen molar-refractivity contribution >= 4 is 17.3 Å². The number of carbonyl (C=O) groups excluding carboxylic acids is 1. The summed E-state index contributed by atoms with van der Waals surface area (Å²) in [6.45, 7) is 2.00. The maximum Gasteiger partial charge on any atom is 0.340 e. The van der Waals surface area contributed by atoms with Gasteiger partial charge in [-0.1, -0.05) is 0 Å². The highest BCUT2D eigenvalue weighted by Gasteiger charge is 2.12. The molecule has 0 amide bonds. The van der Waals surface area contributed by atoms with Gasteiger partial charge in [-0.05, 0) is 25.1 Å². The number of nitrogen functional groups attached to an aromatic ring is 2. The Morgan fingerprint density at radius 3 is 2.69 bits per heavy atom. The van der Waals surface area contributed by atoms with Crippen molar-refractivity contribution in [2.24, 2.45) is 0 Å². The molecule has 5 nitrogen and oxygen atoms in total. The molecule has 1 atom stereocenters. The number of ether oxygens (including phenoxy) is 2. The van der Waals surface area contributed by atoms with Crippen LogP contribution in [0.4, 0.5) is 11.4 Å². The molecule has 0 aromatic heterocycles. The molecule has 5 heteroatoms. The number of benzene rings is 1. The number of hydrogen-bond donors (Lipinski definition) is 2. The SMILES string of the molecule is COC(C)COC(=O)c1ccc(N)cc1N. The summed E-state index contributed by atoms with van der Waals surface area (Å²) in [4.78, 5) is 11.6. The Morgan fingerprint density at radius 1 is 1.44 bits per heavy atom. The van der Waals surface area contributed by atoms with E-state index in [1.165, 1.54) is 6.07 Å². The van der Waals surface area contributed by atoms with Gasteiger partial charge in [-0.3, -0.25) is 0 Å². The van der Waals surface area contributed by atoms with E-state index in [1.807, 2.05) is 0 Å². The Hall–Kier alpha value is -1.75. The molecule has 0 aliphatic heterocycles. The van der Waals surface area contributed by atoms with E-state index >= 15 is 0 Å². The van der Waals surface area contributed by atoms with Gasteiger partial charge < -0.3 is 20.9 Å². The van der Waals surface area contributed by atoms with Crippen molar-refractivity contribution in [3.63, 3.8) is 0 Å². The Kier molecular flexibility index (Phi) is 4.13. The maximum atomic E-state index is 11.6. The summed E-state index contributed by atoms with van der Waals surface area (Å²) in [6.07, 6.45) is -0.140. The lowest BCUT2D eigenvalue weighted by Crippen LogP contribution is -2.18. The van der Waals surface area contributed by atoms with E-state index in [2.05, 4.69) is 0 Å². The second-order valence-corrected chi connectivity index (χ2v) is 3.49. The molecule has 4 N–H and O–H groups in total. The Bertz CT molecular complexity index is 379. The number of carbonyl (C=O) groups is 1. The number of esters is 1. The molecule has 88 valence electrons. The lowest BCUT2D eigenvalue weighted by Gasteiger charge is -2.11. The first-order valence-corrected chi connectivity index (χ1v) is 4.89. The summed E-state index contributed by atoms with van der Waals surface area (Å²) < 4.78 is 9.97. The van der Waals surface area contributed by atoms with Gasteiger partial charge in [0.25, 0.3) is 0 Å². The summed E-state index contributed by atoms with van der Waals surface area (Å²) in [7, 11) is 1.55. The van der Waals surface area contributed by atoms with Gasteiger partial charge in [0.05, 0.1) is 11.7 Å². The van der Waals surface area contributed by atoms with Gasteiger partial charge >= 0.3 is 5.97 Å². The van der Waals surface area contributed by atoms with Gasteiger partial charge in [0.1, 0.15) is 6.61 Å². The highest BCUT2D eigenvalue weighted by atomic mass is 16.6. The molecule has 1 rings (SSSR count). The Labute approximate surface area is 94.3 Å². The molecule has 16 heavy (non-hydrogen) atoms. The minimum absolute atomic E-state index is 0.140. The van der Waals surface area contributed by atoms with Crippen molar-refractivity contribution in [3.8, 4) is 0 Å². The largest absolute Gasteiger partial charge is 0.459 e. The fraction of sp³-hybridized carbons (Fsp3) is 0.364. The molecule has 0 aliphatic carbocycles. The predicted octanol–water partition coefficient (Wildman–Crippen LogP) is 1.04. The summed E-state index contributed by atoms with van der Waals surface area (Å²) in [5.74, 6) is -0.471. The van der Waals surface area contributed by atoms with E-state index in [0.717, 1.165) is 0 Å². The first-order chi connectivity index (χ1) is 7.54. The van der Waals surface area contributed by atoms with Crippen LogP contribution < -0.4 is 11.5 Å². The standard InChI is InChI=1S/C11H16N2O3/c1-7(15-2)6-16-11(14)9-4-3-8(12)5-10(9)13/h3-5,7H,6,12-13H2,1-2H3. The van der Waals surface area contributed by atoms with Gasteiger partial charge in [0.2, 0.25) is 0 Å². The Balaban J connectivity index is 2.66. The molecule has 0 radical (unpaired) electrons. The lowest BCUT2D eigenvalue weighted by molar-refractivity contribution is 0.0170. The van der Waals surface area contributed by atoms with Crippen LogP contribution in [0.2, 0.25) is 0 Å². The van der Waals surface area contributed by atoms with Crippen molar-refractivity contribution in [2.45, 2.75) is 13.0 Å². The molecule has 0 fully saturated rings. The van der Waals surface area contributed by atoms with Gasteiger partial charge in [0.15, 0.2) is 0 Å². The fourth-order valence-corrected chi connectivity index (χ4v) is 1.11. The molecule has 0 saturated carbocycles. The van der Waals surface area contributed by atoms with Crippen LogP contribution in [0, 0.1) is 0 Å². The van der Waals surface area contributed by atoms with Crippen molar-refractivity contribution in [2.75, 3.05) is 25.2 Å². The molecule has 0 heterocycles. The first-order valence-electron chi connectivity index (χ1n) is 4.89. The second-order valence-electron chi connectivity index (χ2n) is 3.49. The minimum Gasteiger partial charge on any atom is -0.459 e. The average Bonchev–Trinajstić information content (AvgIpc) is 2.25.